The monoisotopic (exact) mass is 387 g/mol. The van der Waals surface area contributed by atoms with Gasteiger partial charge in [-0.25, -0.2) is 9.97 Å². The number of hydrogen-bond acceptors (Lipinski definition) is 5. The summed E-state index contributed by atoms with van der Waals surface area (Å²) in [6.07, 6.45) is 0. The Kier molecular flexibility index (Phi) is 5.60. The highest BCUT2D eigenvalue weighted by atomic mass is 35.5. The Hall–Kier alpha value is -2.67. The van der Waals surface area contributed by atoms with E-state index in [1.165, 1.54) is 0 Å². The van der Waals surface area contributed by atoms with E-state index in [2.05, 4.69) is 20.2 Å². The lowest BCUT2D eigenvalue weighted by Crippen LogP contribution is -2.48. The SMILES string of the molecule is CC(=O)N1CCN(c2cc(C(=O)Nc3cc(Cl)ccc3C)nc(C)n2)CC1. The molecular weight excluding hydrogens is 366 g/mol. The van der Waals surface area contributed by atoms with Gasteiger partial charge in [0.1, 0.15) is 17.3 Å². The van der Waals surface area contributed by atoms with Crippen LogP contribution in [0.15, 0.2) is 24.3 Å². The lowest BCUT2D eigenvalue weighted by atomic mass is 10.2. The van der Waals surface area contributed by atoms with E-state index in [9.17, 15) is 9.59 Å². The molecule has 0 radical (unpaired) electrons. The number of halogens is 1. The first-order chi connectivity index (χ1) is 12.8. The van der Waals surface area contributed by atoms with Crippen molar-refractivity contribution in [2.45, 2.75) is 20.8 Å². The predicted molar refractivity (Wildman–Crippen MR) is 105 cm³/mol. The Morgan fingerprint density at radius 2 is 1.78 bits per heavy atom. The maximum absolute atomic E-state index is 12.7. The molecule has 7 nitrogen and oxygen atoms in total. The quantitative estimate of drug-likeness (QED) is 0.875. The van der Waals surface area contributed by atoms with E-state index in [1.807, 2.05) is 13.0 Å². The molecule has 0 saturated carbocycles. The van der Waals surface area contributed by atoms with Gasteiger partial charge in [0, 0.05) is 49.9 Å². The molecule has 1 N–H and O–H groups in total. The van der Waals surface area contributed by atoms with Crippen LogP contribution in [-0.4, -0.2) is 52.9 Å². The van der Waals surface area contributed by atoms with Crippen LogP contribution in [0, 0.1) is 13.8 Å². The van der Waals surface area contributed by atoms with Crippen LogP contribution < -0.4 is 10.2 Å². The summed E-state index contributed by atoms with van der Waals surface area (Å²) in [4.78, 5) is 36.8. The number of nitrogens with zero attached hydrogens (tertiary/aromatic N) is 4. The molecule has 1 saturated heterocycles. The van der Waals surface area contributed by atoms with Gasteiger partial charge in [0.25, 0.3) is 5.91 Å². The van der Waals surface area contributed by atoms with Crippen molar-refractivity contribution in [3.8, 4) is 0 Å². The summed E-state index contributed by atoms with van der Waals surface area (Å²) in [5, 5.41) is 3.42. The second kappa shape index (κ2) is 7.92. The predicted octanol–water partition coefficient (Wildman–Crippen LogP) is 2.67. The summed E-state index contributed by atoms with van der Waals surface area (Å²) in [5.74, 6) is 0.980. The average Bonchev–Trinajstić information content (AvgIpc) is 2.64. The molecule has 27 heavy (non-hydrogen) atoms. The number of aryl methyl sites for hydroxylation is 2. The summed E-state index contributed by atoms with van der Waals surface area (Å²) >= 11 is 6.02. The van der Waals surface area contributed by atoms with Crippen LogP contribution in [0.25, 0.3) is 0 Å². The number of rotatable bonds is 3. The number of benzene rings is 1. The van der Waals surface area contributed by atoms with E-state index >= 15 is 0 Å². The number of piperazine rings is 1. The van der Waals surface area contributed by atoms with Gasteiger partial charge in [-0.3, -0.25) is 9.59 Å². The largest absolute Gasteiger partial charge is 0.353 e. The van der Waals surface area contributed by atoms with Gasteiger partial charge in [0.15, 0.2) is 0 Å². The van der Waals surface area contributed by atoms with Gasteiger partial charge in [0.2, 0.25) is 5.91 Å². The van der Waals surface area contributed by atoms with Gasteiger partial charge in [-0.2, -0.15) is 0 Å². The topological polar surface area (TPSA) is 78.4 Å². The summed E-state index contributed by atoms with van der Waals surface area (Å²) in [7, 11) is 0. The normalized spacial score (nSPS) is 14.2. The fourth-order valence-electron chi connectivity index (χ4n) is 3.00. The third kappa shape index (κ3) is 4.54. The van der Waals surface area contributed by atoms with E-state index in [1.54, 1.807) is 36.9 Å². The van der Waals surface area contributed by atoms with Crippen molar-refractivity contribution in [1.29, 1.82) is 0 Å². The van der Waals surface area contributed by atoms with E-state index in [0.717, 1.165) is 5.56 Å². The van der Waals surface area contributed by atoms with Crippen LogP contribution in [0.5, 0.6) is 0 Å². The average molecular weight is 388 g/mol. The summed E-state index contributed by atoms with van der Waals surface area (Å²) in [6.45, 7) is 7.86. The fourth-order valence-corrected chi connectivity index (χ4v) is 3.17. The number of carbonyl (C=O) groups excluding carboxylic acids is 2. The smallest absolute Gasteiger partial charge is 0.274 e. The van der Waals surface area contributed by atoms with Crippen LogP contribution in [0.4, 0.5) is 11.5 Å². The third-order valence-corrected chi connectivity index (χ3v) is 4.79. The summed E-state index contributed by atoms with van der Waals surface area (Å²) in [6, 6.07) is 7.03. The Bertz CT molecular complexity index is 878. The molecule has 3 rings (SSSR count). The molecule has 1 aromatic heterocycles. The zero-order chi connectivity index (χ0) is 19.6. The van der Waals surface area contributed by atoms with Gasteiger partial charge >= 0.3 is 0 Å². The molecule has 1 aromatic carbocycles. The maximum Gasteiger partial charge on any atom is 0.274 e. The first kappa shape index (κ1) is 19.1. The minimum atomic E-state index is -0.311. The first-order valence-corrected chi connectivity index (χ1v) is 9.15. The molecule has 2 aromatic rings. The Morgan fingerprint density at radius 1 is 1.07 bits per heavy atom. The van der Waals surface area contributed by atoms with Crippen molar-refractivity contribution >= 4 is 34.9 Å². The van der Waals surface area contributed by atoms with Crippen LogP contribution in [0.2, 0.25) is 5.02 Å². The molecule has 0 atom stereocenters. The molecule has 1 aliphatic heterocycles. The molecule has 8 heteroatoms. The van der Waals surface area contributed by atoms with E-state index < -0.39 is 0 Å². The zero-order valence-electron chi connectivity index (χ0n) is 15.6. The number of hydrogen-bond donors (Lipinski definition) is 1. The highest BCUT2D eigenvalue weighted by Crippen LogP contribution is 2.21. The number of aromatic nitrogens is 2. The number of amides is 2. The van der Waals surface area contributed by atoms with Gasteiger partial charge in [0.05, 0.1) is 0 Å². The second-order valence-electron chi connectivity index (χ2n) is 6.57. The zero-order valence-corrected chi connectivity index (χ0v) is 16.4. The second-order valence-corrected chi connectivity index (χ2v) is 7.00. The lowest BCUT2D eigenvalue weighted by molar-refractivity contribution is -0.129. The summed E-state index contributed by atoms with van der Waals surface area (Å²) < 4.78 is 0. The maximum atomic E-state index is 12.7. The van der Waals surface area contributed by atoms with E-state index in [0.29, 0.717) is 54.2 Å². The lowest BCUT2D eigenvalue weighted by Gasteiger charge is -2.35. The van der Waals surface area contributed by atoms with Crippen LogP contribution in [0.3, 0.4) is 0 Å². The molecular formula is C19H22ClN5O2. The van der Waals surface area contributed by atoms with Gasteiger partial charge in [-0.1, -0.05) is 17.7 Å². The first-order valence-electron chi connectivity index (χ1n) is 8.77. The van der Waals surface area contributed by atoms with Crippen molar-refractivity contribution in [1.82, 2.24) is 14.9 Å². The number of nitrogens with one attached hydrogen (secondary N) is 1. The standard InChI is InChI=1S/C19H22ClN5O2/c1-12-4-5-15(20)10-16(12)23-19(27)17-11-18(22-13(2)21-17)25-8-6-24(7-9-25)14(3)26/h4-5,10-11H,6-9H2,1-3H3,(H,23,27). The van der Waals surface area contributed by atoms with Gasteiger partial charge in [-0.05, 0) is 31.5 Å². The highest BCUT2D eigenvalue weighted by Gasteiger charge is 2.21. The van der Waals surface area contributed by atoms with Gasteiger partial charge < -0.3 is 15.1 Å². The molecule has 2 amide bonds. The molecule has 0 unspecified atom stereocenters. The van der Waals surface area contributed by atoms with Crippen molar-refractivity contribution < 1.29 is 9.59 Å². The Labute approximate surface area is 163 Å². The Morgan fingerprint density at radius 3 is 2.44 bits per heavy atom. The molecule has 1 fully saturated rings. The van der Waals surface area contributed by atoms with Gasteiger partial charge in [-0.15, -0.1) is 0 Å². The van der Waals surface area contributed by atoms with Crippen molar-refractivity contribution in [3.63, 3.8) is 0 Å². The van der Waals surface area contributed by atoms with Crippen molar-refractivity contribution in [2.75, 3.05) is 36.4 Å². The van der Waals surface area contributed by atoms with Crippen LogP contribution in [0.1, 0.15) is 28.8 Å². The minimum absolute atomic E-state index is 0.0745. The van der Waals surface area contributed by atoms with E-state index in [-0.39, 0.29) is 11.8 Å². The molecule has 0 aliphatic carbocycles. The van der Waals surface area contributed by atoms with Crippen molar-refractivity contribution in [3.05, 3.63) is 46.4 Å². The Balaban J connectivity index is 1.78. The van der Waals surface area contributed by atoms with E-state index in [4.69, 9.17) is 11.6 Å². The number of carbonyl (C=O) groups is 2. The third-order valence-electron chi connectivity index (χ3n) is 4.55. The molecule has 1 aliphatic rings. The molecule has 142 valence electrons. The fraction of sp³-hybridized carbons (Fsp3) is 0.368. The minimum Gasteiger partial charge on any atom is -0.353 e. The molecule has 0 spiro atoms. The van der Waals surface area contributed by atoms with Crippen LogP contribution >= 0.6 is 11.6 Å². The molecule has 2 heterocycles. The summed E-state index contributed by atoms with van der Waals surface area (Å²) in [5.41, 5.74) is 1.87. The highest BCUT2D eigenvalue weighted by molar-refractivity contribution is 6.31. The van der Waals surface area contributed by atoms with Crippen molar-refractivity contribution in [2.24, 2.45) is 0 Å². The van der Waals surface area contributed by atoms with Crippen LogP contribution in [-0.2, 0) is 4.79 Å². The number of anilines is 2. The molecule has 0 bridgehead atoms.